The summed E-state index contributed by atoms with van der Waals surface area (Å²) in [7, 11) is 0. The van der Waals surface area contributed by atoms with Gasteiger partial charge in [0, 0.05) is 0 Å². The summed E-state index contributed by atoms with van der Waals surface area (Å²) in [5, 5.41) is 37.0. The summed E-state index contributed by atoms with van der Waals surface area (Å²) in [4.78, 5) is 0. The van der Waals surface area contributed by atoms with E-state index < -0.39 is 5.75 Å². The van der Waals surface area contributed by atoms with Crippen LogP contribution < -0.4 is 0 Å². The van der Waals surface area contributed by atoms with Crippen LogP contribution in [0.5, 0.6) is 17.2 Å². The third kappa shape index (κ3) is 3.17. The fourth-order valence-corrected chi connectivity index (χ4v) is 1.91. The number of aryl methyl sites for hydroxylation is 2. The molecule has 4 nitrogen and oxygen atoms in total. The Morgan fingerprint density at radius 3 is 1.68 bits per heavy atom. The van der Waals surface area contributed by atoms with Gasteiger partial charge in [0.25, 0.3) is 0 Å². The van der Waals surface area contributed by atoms with Crippen molar-refractivity contribution in [2.24, 2.45) is 0 Å². The Morgan fingerprint density at radius 1 is 0.684 bits per heavy atom. The highest BCUT2D eigenvalue weighted by Crippen LogP contribution is 2.35. The molecular weight excluding hydrogens is 244 g/mol. The molecule has 0 unspecified atom stereocenters. The number of aromatic hydroxyl groups is 3. The maximum absolute atomic E-state index is 9.41. The highest BCUT2D eigenvalue weighted by Gasteiger charge is 2.08. The van der Waals surface area contributed by atoms with Gasteiger partial charge in [0.2, 0.25) is 0 Å². The first kappa shape index (κ1) is 13.2. The van der Waals surface area contributed by atoms with E-state index in [4.69, 9.17) is 5.11 Å². The zero-order chi connectivity index (χ0) is 13.8. The Kier molecular flexibility index (Phi) is 3.92. The molecule has 4 heteroatoms. The summed E-state index contributed by atoms with van der Waals surface area (Å²) >= 11 is 0. The molecule has 0 aliphatic rings. The second-order valence-electron chi connectivity index (χ2n) is 4.46. The van der Waals surface area contributed by atoms with Gasteiger partial charge in [0.1, 0.15) is 0 Å². The molecule has 0 atom stereocenters. The third-order valence-electron chi connectivity index (χ3n) is 3.04. The van der Waals surface area contributed by atoms with Crippen molar-refractivity contribution in [3.05, 3.63) is 53.1 Å². The Morgan fingerprint density at radius 2 is 1.16 bits per heavy atom. The van der Waals surface area contributed by atoms with Gasteiger partial charge in [-0.15, -0.1) is 0 Å². The molecule has 0 saturated heterocycles. The number of aliphatic hydroxyl groups is 1. The molecule has 0 aromatic heterocycles. The molecule has 0 aliphatic heterocycles. The van der Waals surface area contributed by atoms with Gasteiger partial charge in [-0.05, 0) is 41.7 Å². The Hall–Kier alpha value is -2.20. The second kappa shape index (κ2) is 5.63. The highest BCUT2D eigenvalue weighted by atomic mass is 16.3. The number of hydrogen-bond acceptors (Lipinski definition) is 4. The topological polar surface area (TPSA) is 80.9 Å². The molecule has 2 rings (SSSR count). The van der Waals surface area contributed by atoms with Crippen molar-refractivity contribution in [3.8, 4) is 17.2 Å². The quantitative estimate of drug-likeness (QED) is 0.634. The van der Waals surface area contributed by atoms with E-state index in [9.17, 15) is 15.3 Å². The molecule has 2 aromatic rings. The van der Waals surface area contributed by atoms with Crippen LogP contribution in [-0.2, 0) is 19.4 Å². The predicted octanol–water partition coefficient (Wildman–Crippen LogP) is 2.08. The zero-order valence-electron chi connectivity index (χ0n) is 10.4. The van der Waals surface area contributed by atoms with E-state index in [0.717, 1.165) is 23.1 Å². The van der Waals surface area contributed by atoms with Gasteiger partial charge in [0.15, 0.2) is 17.2 Å². The first-order chi connectivity index (χ1) is 9.10. The van der Waals surface area contributed by atoms with Crippen molar-refractivity contribution in [2.45, 2.75) is 19.4 Å². The van der Waals surface area contributed by atoms with Crippen molar-refractivity contribution < 1.29 is 20.4 Å². The third-order valence-corrected chi connectivity index (χ3v) is 3.04. The van der Waals surface area contributed by atoms with Crippen molar-refractivity contribution in [2.75, 3.05) is 0 Å². The van der Waals surface area contributed by atoms with Crippen LogP contribution in [0.25, 0.3) is 0 Å². The Labute approximate surface area is 111 Å². The van der Waals surface area contributed by atoms with E-state index in [1.165, 1.54) is 12.1 Å². The molecule has 0 spiro atoms. The number of hydrogen-bond donors (Lipinski definition) is 4. The molecule has 0 aliphatic carbocycles. The largest absolute Gasteiger partial charge is 0.504 e. The van der Waals surface area contributed by atoms with Crippen LogP contribution in [0, 0.1) is 0 Å². The maximum Gasteiger partial charge on any atom is 0.200 e. The zero-order valence-corrected chi connectivity index (χ0v) is 10.4. The molecule has 0 radical (unpaired) electrons. The van der Waals surface area contributed by atoms with Gasteiger partial charge >= 0.3 is 0 Å². The second-order valence-corrected chi connectivity index (χ2v) is 4.46. The van der Waals surface area contributed by atoms with Gasteiger partial charge < -0.3 is 20.4 Å². The minimum atomic E-state index is -0.490. The molecule has 0 amide bonds. The fraction of sp³-hybridized carbons (Fsp3) is 0.200. The van der Waals surface area contributed by atoms with Crippen LogP contribution in [0.2, 0.25) is 0 Å². The van der Waals surface area contributed by atoms with Crippen LogP contribution in [-0.4, -0.2) is 20.4 Å². The molecule has 19 heavy (non-hydrogen) atoms. The molecule has 2 aromatic carbocycles. The fourth-order valence-electron chi connectivity index (χ4n) is 1.91. The average Bonchev–Trinajstić information content (AvgIpc) is 2.43. The number of phenols is 3. The van der Waals surface area contributed by atoms with Crippen molar-refractivity contribution in [3.63, 3.8) is 0 Å². The monoisotopic (exact) mass is 260 g/mol. The molecule has 0 fully saturated rings. The molecule has 0 saturated carbocycles. The smallest absolute Gasteiger partial charge is 0.200 e. The number of benzene rings is 2. The van der Waals surface area contributed by atoms with Gasteiger partial charge in [-0.2, -0.15) is 0 Å². The minimum Gasteiger partial charge on any atom is -0.504 e. The van der Waals surface area contributed by atoms with Crippen LogP contribution in [0.1, 0.15) is 16.7 Å². The Bertz CT molecular complexity index is 538. The maximum atomic E-state index is 9.41. The van der Waals surface area contributed by atoms with E-state index in [1.54, 1.807) is 0 Å². The average molecular weight is 260 g/mol. The molecule has 100 valence electrons. The molecule has 4 N–H and O–H groups in total. The van der Waals surface area contributed by atoms with Gasteiger partial charge in [-0.3, -0.25) is 0 Å². The summed E-state index contributed by atoms with van der Waals surface area (Å²) in [6.45, 7) is 0.0278. The highest BCUT2D eigenvalue weighted by molar-refractivity contribution is 5.51. The summed E-state index contributed by atoms with van der Waals surface area (Å²) < 4.78 is 0. The lowest BCUT2D eigenvalue weighted by Crippen LogP contribution is -1.92. The number of aliphatic hydroxyl groups excluding tert-OH is 1. The van der Waals surface area contributed by atoms with Crippen LogP contribution in [0.3, 0.4) is 0 Å². The van der Waals surface area contributed by atoms with Crippen LogP contribution in [0.4, 0.5) is 0 Å². The summed E-state index contributed by atoms with van der Waals surface area (Å²) in [5.74, 6) is -1.12. The standard InChI is InChI=1S/C15H16O4/c16-9-11-4-1-10(2-5-11)3-6-12-7-13(17)15(19)14(18)8-12/h1-2,4-5,7-8,16-19H,3,6,9H2. The SMILES string of the molecule is OCc1ccc(CCc2cc(O)c(O)c(O)c2)cc1. The van der Waals surface area contributed by atoms with E-state index in [0.29, 0.717) is 6.42 Å². The van der Waals surface area contributed by atoms with Crippen molar-refractivity contribution in [1.29, 1.82) is 0 Å². The molecule has 0 bridgehead atoms. The van der Waals surface area contributed by atoms with E-state index in [2.05, 4.69) is 0 Å². The predicted molar refractivity (Wildman–Crippen MR) is 71.2 cm³/mol. The van der Waals surface area contributed by atoms with Gasteiger partial charge in [-0.25, -0.2) is 0 Å². The van der Waals surface area contributed by atoms with E-state index >= 15 is 0 Å². The van der Waals surface area contributed by atoms with Crippen LogP contribution in [0.15, 0.2) is 36.4 Å². The normalized spacial score (nSPS) is 10.6. The van der Waals surface area contributed by atoms with Gasteiger partial charge in [0.05, 0.1) is 6.61 Å². The summed E-state index contributed by atoms with van der Waals surface area (Å²) in [6, 6.07) is 10.5. The van der Waals surface area contributed by atoms with Crippen LogP contribution >= 0.6 is 0 Å². The van der Waals surface area contributed by atoms with Gasteiger partial charge in [-0.1, -0.05) is 24.3 Å². The summed E-state index contributed by atoms with van der Waals surface area (Å²) in [5.41, 5.74) is 2.71. The number of phenolic OH excluding ortho intramolecular Hbond substituents is 3. The Balaban J connectivity index is 2.05. The molecule has 0 heterocycles. The minimum absolute atomic E-state index is 0.0278. The lowest BCUT2D eigenvalue weighted by Gasteiger charge is -2.06. The van der Waals surface area contributed by atoms with E-state index in [-0.39, 0.29) is 18.1 Å². The lowest BCUT2D eigenvalue weighted by molar-refractivity contribution is 0.282. The van der Waals surface area contributed by atoms with Crippen molar-refractivity contribution in [1.82, 2.24) is 0 Å². The van der Waals surface area contributed by atoms with E-state index in [1.807, 2.05) is 24.3 Å². The first-order valence-corrected chi connectivity index (χ1v) is 6.02. The lowest BCUT2D eigenvalue weighted by atomic mass is 10.0. The molecular formula is C15H16O4. The number of rotatable bonds is 4. The summed E-state index contributed by atoms with van der Waals surface area (Å²) in [6.07, 6.45) is 1.38. The van der Waals surface area contributed by atoms with Crippen molar-refractivity contribution >= 4 is 0 Å². The first-order valence-electron chi connectivity index (χ1n) is 6.02.